The normalized spacial score (nSPS) is 22.5. The van der Waals surface area contributed by atoms with Crippen LogP contribution in [0.1, 0.15) is 49.4 Å². The molecule has 1 heterocycles. The molecule has 1 N–H and O–H groups in total. The summed E-state index contributed by atoms with van der Waals surface area (Å²) in [5.41, 5.74) is 1.90. The molecule has 1 aromatic heterocycles. The van der Waals surface area contributed by atoms with Gasteiger partial charge in [-0.1, -0.05) is 32.3 Å². The topological polar surface area (TPSA) is 55.1 Å². The van der Waals surface area contributed by atoms with Crippen molar-refractivity contribution in [2.45, 2.75) is 45.6 Å². The second-order valence-electron chi connectivity index (χ2n) is 6.17. The van der Waals surface area contributed by atoms with E-state index >= 15 is 0 Å². The highest BCUT2D eigenvalue weighted by Crippen LogP contribution is 2.32. The molecule has 21 heavy (non-hydrogen) atoms. The van der Waals surface area contributed by atoms with Crippen LogP contribution in [0.2, 0.25) is 0 Å². The molecule has 1 fully saturated rings. The molecule has 112 valence electrons. The van der Waals surface area contributed by atoms with Crippen molar-refractivity contribution < 1.29 is 9.90 Å². The maximum Gasteiger partial charge on any atom is 0.337 e. The molecular weight excluding hydrogens is 264 g/mol. The van der Waals surface area contributed by atoms with Gasteiger partial charge in [0.15, 0.2) is 0 Å². The Hall–Kier alpha value is -1.84. The van der Waals surface area contributed by atoms with Crippen LogP contribution in [0.5, 0.6) is 0 Å². The van der Waals surface area contributed by atoms with Crippen LogP contribution < -0.4 is 0 Å². The zero-order valence-corrected chi connectivity index (χ0v) is 12.5. The van der Waals surface area contributed by atoms with Gasteiger partial charge in [-0.15, -0.1) is 0 Å². The Labute approximate surface area is 124 Å². The predicted octanol–water partition coefficient (Wildman–Crippen LogP) is 3.95. The molecule has 1 aliphatic carbocycles. The third-order valence-corrected chi connectivity index (χ3v) is 4.87. The number of hydrogen-bond acceptors (Lipinski definition) is 2. The number of hydrogen-bond donors (Lipinski definition) is 1. The van der Waals surface area contributed by atoms with E-state index in [9.17, 15) is 9.90 Å². The highest BCUT2D eigenvalue weighted by molar-refractivity contribution is 6.01. The van der Waals surface area contributed by atoms with E-state index in [0.717, 1.165) is 23.5 Å². The monoisotopic (exact) mass is 286 g/mol. The first-order valence-corrected chi connectivity index (χ1v) is 7.86. The van der Waals surface area contributed by atoms with Crippen molar-refractivity contribution in [1.29, 1.82) is 0 Å². The van der Waals surface area contributed by atoms with Crippen LogP contribution in [0.15, 0.2) is 24.5 Å². The van der Waals surface area contributed by atoms with Gasteiger partial charge in [-0.3, -0.25) is 0 Å². The van der Waals surface area contributed by atoms with Crippen LogP contribution in [0.25, 0.3) is 11.0 Å². The van der Waals surface area contributed by atoms with Crippen molar-refractivity contribution in [2.24, 2.45) is 11.8 Å². The molecule has 0 radical (unpaired) electrons. The number of aromatic nitrogens is 2. The van der Waals surface area contributed by atoms with Gasteiger partial charge in [-0.25, -0.2) is 9.78 Å². The van der Waals surface area contributed by atoms with Crippen LogP contribution in [0.4, 0.5) is 0 Å². The first-order valence-electron chi connectivity index (χ1n) is 7.86. The lowest BCUT2D eigenvalue weighted by atomic mass is 9.81. The van der Waals surface area contributed by atoms with Gasteiger partial charge in [-0.2, -0.15) is 0 Å². The molecule has 0 aliphatic heterocycles. The molecule has 1 aromatic carbocycles. The predicted molar refractivity (Wildman–Crippen MR) is 82.4 cm³/mol. The molecule has 1 aliphatic rings. The van der Waals surface area contributed by atoms with E-state index < -0.39 is 5.97 Å². The number of aromatic carboxylic acids is 1. The van der Waals surface area contributed by atoms with Crippen molar-refractivity contribution in [2.75, 3.05) is 0 Å². The summed E-state index contributed by atoms with van der Waals surface area (Å²) >= 11 is 0. The van der Waals surface area contributed by atoms with E-state index in [1.807, 2.05) is 10.6 Å². The summed E-state index contributed by atoms with van der Waals surface area (Å²) in [4.78, 5) is 15.8. The van der Waals surface area contributed by atoms with Crippen molar-refractivity contribution in [3.05, 3.63) is 30.1 Å². The average Bonchev–Trinajstić information content (AvgIpc) is 2.91. The average molecular weight is 286 g/mol. The minimum Gasteiger partial charge on any atom is -0.478 e. The van der Waals surface area contributed by atoms with E-state index in [0.29, 0.717) is 11.5 Å². The van der Waals surface area contributed by atoms with Gasteiger partial charge < -0.3 is 9.67 Å². The largest absolute Gasteiger partial charge is 0.478 e. The lowest BCUT2D eigenvalue weighted by Crippen LogP contribution is -2.18. The summed E-state index contributed by atoms with van der Waals surface area (Å²) in [7, 11) is 0. The summed E-state index contributed by atoms with van der Waals surface area (Å²) in [6, 6.07) is 5.30. The number of carboxylic acid groups (broad SMARTS) is 1. The number of imidazole rings is 1. The zero-order chi connectivity index (χ0) is 14.8. The fourth-order valence-electron chi connectivity index (χ4n) is 3.54. The maximum atomic E-state index is 11.4. The van der Waals surface area contributed by atoms with E-state index in [4.69, 9.17) is 0 Å². The van der Waals surface area contributed by atoms with Crippen LogP contribution >= 0.6 is 0 Å². The van der Waals surface area contributed by atoms with E-state index in [1.54, 1.807) is 18.5 Å². The SMILES string of the molecule is CCC1CCC(Cn2cnc3cccc(C(=O)O)c32)CC1. The fourth-order valence-corrected chi connectivity index (χ4v) is 3.54. The Bertz CT molecular complexity index is 639. The van der Waals surface area contributed by atoms with Crippen LogP contribution in [-0.4, -0.2) is 20.6 Å². The first kappa shape index (κ1) is 14.1. The summed E-state index contributed by atoms with van der Waals surface area (Å²) in [5.74, 6) is 0.652. The van der Waals surface area contributed by atoms with Gasteiger partial charge in [0.1, 0.15) is 0 Å². The number of carbonyl (C=O) groups is 1. The van der Waals surface area contributed by atoms with Crippen LogP contribution in [0.3, 0.4) is 0 Å². The van der Waals surface area contributed by atoms with Gasteiger partial charge in [0.05, 0.1) is 22.9 Å². The zero-order valence-electron chi connectivity index (χ0n) is 12.5. The Morgan fingerprint density at radius 3 is 2.67 bits per heavy atom. The second-order valence-corrected chi connectivity index (χ2v) is 6.17. The lowest BCUT2D eigenvalue weighted by Gasteiger charge is -2.28. The van der Waals surface area contributed by atoms with Gasteiger partial charge in [0, 0.05) is 6.54 Å². The minimum absolute atomic E-state index is 0.354. The summed E-state index contributed by atoms with van der Waals surface area (Å²) in [5, 5.41) is 9.36. The van der Waals surface area contributed by atoms with Gasteiger partial charge in [0.25, 0.3) is 0 Å². The number of benzene rings is 1. The molecule has 3 rings (SSSR count). The Kier molecular flexibility index (Phi) is 3.95. The van der Waals surface area contributed by atoms with E-state index in [-0.39, 0.29) is 0 Å². The Balaban J connectivity index is 1.83. The number of rotatable bonds is 4. The molecule has 0 spiro atoms. The van der Waals surface area contributed by atoms with E-state index in [2.05, 4.69) is 11.9 Å². The Morgan fingerprint density at radius 1 is 1.29 bits per heavy atom. The number of nitrogens with zero attached hydrogens (tertiary/aromatic N) is 2. The molecule has 0 amide bonds. The van der Waals surface area contributed by atoms with Gasteiger partial charge in [-0.05, 0) is 36.8 Å². The quantitative estimate of drug-likeness (QED) is 0.925. The lowest BCUT2D eigenvalue weighted by molar-refractivity contribution is 0.0698. The maximum absolute atomic E-state index is 11.4. The number of fused-ring (bicyclic) bond motifs is 1. The van der Waals surface area contributed by atoms with Crippen LogP contribution in [0, 0.1) is 11.8 Å². The minimum atomic E-state index is -0.878. The highest BCUT2D eigenvalue weighted by atomic mass is 16.4. The second kappa shape index (κ2) is 5.88. The number of carboxylic acids is 1. The molecule has 4 heteroatoms. The molecular formula is C17H22N2O2. The molecule has 4 nitrogen and oxygen atoms in total. The standard InChI is InChI=1S/C17H22N2O2/c1-2-12-6-8-13(9-7-12)10-19-11-18-15-5-3-4-14(16(15)19)17(20)21/h3-5,11-13H,2,6-10H2,1H3,(H,20,21). The molecule has 0 atom stereocenters. The molecule has 2 aromatic rings. The van der Waals surface area contributed by atoms with Crippen molar-refractivity contribution in [3.8, 4) is 0 Å². The smallest absolute Gasteiger partial charge is 0.337 e. The van der Waals surface area contributed by atoms with Crippen molar-refractivity contribution in [1.82, 2.24) is 9.55 Å². The first-order chi connectivity index (χ1) is 10.2. The summed E-state index contributed by atoms with van der Waals surface area (Å²) in [6.07, 6.45) is 8.17. The molecule has 0 saturated heterocycles. The van der Waals surface area contributed by atoms with Crippen molar-refractivity contribution in [3.63, 3.8) is 0 Å². The van der Waals surface area contributed by atoms with E-state index in [1.165, 1.54) is 32.1 Å². The fraction of sp³-hybridized carbons (Fsp3) is 0.529. The molecule has 0 bridgehead atoms. The Morgan fingerprint density at radius 2 is 2.00 bits per heavy atom. The molecule has 0 unspecified atom stereocenters. The number of para-hydroxylation sites is 1. The highest BCUT2D eigenvalue weighted by Gasteiger charge is 2.22. The molecule has 1 saturated carbocycles. The summed E-state index contributed by atoms with van der Waals surface area (Å²) in [6.45, 7) is 3.16. The van der Waals surface area contributed by atoms with Crippen molar-refractivity contribution >= 4 is 17.0 Å². The van der Waals surface area contributed by atoms with Gasteiger partial charge >= 0.3 is 5.97 Å². The van der Waals surface area contributed by atoms with Crippen LogP contribution in [-0.2, 0) is 6.54 Å². The summed E-state index contributed by atoms with van der Waals surface area (Å²) < 4.78 is 2.04. The third-order valence-electron chi connectivity index (χ3n) is 4.87. The third kappa shape index (κ3) is 2.80. The van der Waals surface area contributed by atoms with Gasteiger partial charge in [0.2, 0.25) is 0 Å².